The number of benzene rings is 2. The summed E-state index contributed by atoms with van der Waals surface area (Å²) in [6.07, 6.45) is 6.63. The summed E-state index contributed by atoms with van der Waals surface area (Å²) in [5, 5.41) is 9.52. The smallest absolute Gasteiger partial charge is 0.0724 e. The molecule has 0 radical (unpaired) electrons. The molecule has 2 aromatic rings. The summed E-state index contributed by atoms with van der Waals surface area (Å²) in [4.78, 5) is 2.24. The molecule has 0 bridgehead atoms. The van der Waals surface area contributed by atoms with Crippen LogP contribution < -0.4 is 0 Å². The molecule has 2 nitrogen and oxygen atoms in total. The molecule has 2 atom stereocenters. The maximum Gasteiger partial charge on any atom is 0.0724 e. The molecule has 0 saturated carbocycles. The molecule has 0 fully saturated rings. The minimum atomic E-state index is 0.146. The Bertz CT molecular complexity index is 718. The Morgan fingerprint density at radius 3 is 2.43 bits per heavy atom. The Kier molecular flexibility index (Phi) is 4.63. The van der Waals surface area contributed by atoms with Gasteiger partial charge in [0.2, 0.25) is 0 Å². The first-order chi connectivity index (χ1) is 11.2. The molecule has 2 heteroatoms. The van der Waals surface area contributed by atoms with E-state index in [9.17, 15) is 5.11 Å². The highest BCUT2D eigenvalue weighted by Crippen LogP contribution is 2.33. The van der Waals surface area contributed by atoms with Crippen LogP contribution in [0.1, 0.15) is 35.6 Å². The van der Waals surface area contributed by atoms with Crippen molar-refractivity contribution in [3.63, 3.8) is 0 Å². The van der Waals surface area contributed by atoms with E-state index in [2.05, 4.69) is 79.7 Å². The van der Waals surface area contributed by atoms with Crippen molar-refractivity contribution in [2.24, 2.45) is 0 Å². The van der Waals surface area contributed by atoms with E-state index in [0.717, 1.165) is 0 Å². The van der Waals surface area contributed by atoms with Crippen molar-refractivity contribution < 1.29 is 5.11 Å². The summed E-state index contributed by atoms with van der Waals surface area (Å²) >= 11 is 0. The van der Waals surface area contributed by atoms with Crippen molar-refractivity contribution in [1.29, 1.82) is 0 Å². The molecule has 1 unspecified atom stereocenters. The predicted octanol–water partition coefficient (Wildman–Crippen LogP) is 4.37. The lowest BCUT2D eigenvalue weighted by molar-refractivity contribution is 0.271. The van der Waals surface area contributed by atoms with E-state index in [4.69, 9.17) is 0 Å². The SMILES string of the molecule is C[C@H](CO)c1ccccc1C1C=CC(c2ccccc2)=CN1C. The van der Waals surface area contributed by atoms with Crippen LogP contribution in [0.2, 0.25) is 0 Å². The van der Waals surface area contributed by atoms with Gasteiger partial charge in [0, 0.05) is 25.8 Å². The fourth-order valence-corrected chi connectivity index (χ4v) is 3.13. The van der Waals surface area contributed by atoms with Crippen LogP contribution in [0, 0.1) is 0 Å². The van der Waals surface area contributed by atoms with E-state index in [1.807, 2.05) is 12.1 Å². The monoisotopic (exact) mass is 305 g/mol. The first-order valence-electron chi connectivity index (χ1n) is 8.07. The van der Waals surface area contributed by atoms with Gasteiger partial charge in [0.15, 0.2) is 0 Å². The summed E-state index contributed by atoms with van der Waals surface area (Å²) in [7, 11) is 2.11. The highest BCUT2D eigenvalue weighted by atomic mass is 16.3. The van der Waals surface area contributed by atoms with Crippen LogP contribution in [0.25, 0.3) is 5.57 Å². The zero-order valence-corrected chi connectivity index (χ0v) is 13.7. The van der Waals surface area contributed by atoms with Crippen molar-refractivity contribution in [2.75, 3.05) is 13.7 Å². The first-order valence-corrected chi connectivity index (χ1v) is 8.07. The van der Waals surface area contributed by atoms with E-state index in [0.29, 0.717) is 0 Å². The number of hydrogen-bond donors (Lipinski definition) is 1. The number of hydrogen-bond acceptors (Lipinski definition) is 2. The lowest BCUT2D eigenvalue weighted by Gasteiger charge is -2.31. The van der Waals surface area contributed by atoms with Gasteiger partial charge in [-0.1, -0.05) is 73.7 Å². The molecule has 0 saturated heterocycles. The lowest BCUT2D eigenvalue weighted by Crippen LogP contribution is -2.22. The van der Waals surface area contributed by atoms with Crippen LogP contribution in [0.15, 0.2) is 72.9 Å². The Labute approximate surface area is 138 Å². The van der Waals surface area contributed by atoms with Gasteiger partial charge >= 0.3 is 0 Å². The van der Waals surface area contributed by atoms with Gasteiger partial charge in [-0.3, -0.25) is 0 Å². The van der Waals surface area contributed by atoms with E-state index < -0.39 is 0 Å². The molecule has 1 heterocycles. The maximum absolute atomic E-state index is 9.52. The van der Waals surface area contributed by atoms with Crippen LogP contribution in [0.5, 0.6) is 0 Å². The maximum atomic E-state index is 9.52. The van der Waals surface area contributed by atoms with Crippen LogP contribution >= 0.6 is 0 Å². The summed E-state index contributed by atoms with van der Waals surface area (Å²) in [5.41, 5.74) is 4.92. The fourth-order valence-electron chi connectivity index (χ4n) is 3.13. The molecule has 1 aliphatic rings. The third kappa shape index (κ3) is 3.22. The van der Waals surface area contributed by atoms with Crippen molar-refractivity contribution >= 4 is 5.57 Å². The van der Waals surface area contributed by atoms with Gasteiger partial charge in [-0.2, -0.15) is 0 Å². The standard InChI is InChI=1S/C21H23NO/c1-16(15-23)19-10-6-7-11-20(19)21-13-12-18(14-22(21)2)17-8-4-3-5-9-17/h3-14,16,21,23H,15H2,1-2H3/t16-,21?/m1/s1. The van der Waals surface area contributed by atoms with Crippen molar-refractivity contribution in [3.05, 3.63) is 89.6 Å². The van der Waals surface area contributed by atoms with E-state index in [1.165, 1.54) is 22.3 Å². The number of aliphatic hydroxyl groups excluding tert-OH is 1. The molecule has 0 aromatic heterocycles. The molecule has 118 valence electrons. The van der Waals surface area contributed by atoms with E-state index >= 15 is 0 Å². The van der Waals surface area contributed by atoms with Gasteiger partial charge in [-0.25, -0.2) is 0 Å². The fraction of sp³-hybridized carbons (Fsp3) is 0.238. The average molecular weight is 305 g/mol. The highest BCUT2D eigenvalue weighted by molar-refractivity contribution is 5.74. The average Bonchev–Trinajstić information content (AvgIpc) is 2.62. The molecule has 23 heavy (non-hydrogen) atoms. The summed E-state index contributed by atoms with van der Waals surface area (Å²) in [5.74, 6) is 0.146. The van der Waals surface area contributed by atoms with Crippen LogP contribution in [0.4, 0.5) is 0 Å². The molecule has 1 N–H and O–H groups in total. The zero-order chi connectivity index (χ0) is 16.2. The molecule has 0 spiro atoms. The van der Waals surface area contributed by atoms with Gasteiger partial charge in [0.05, 0.1) is 6.04 Å². The van der Waals surface area contributed by atoms with Gasteiger partial charge in [0.25, 0.3) is 0 Å². The second-order valence-electron chi connectivity index (χ2n) is 6.13. The van der Waals surface area contributed by atoms with Crippen LogP contribution in [-0.4, -0.2) is 23.7 Å². The van der Waals surface area contributed by atoms with Crippen LogP contribution in [0.3, 0.4) is 0 Å². The Hall–Kier alpha value is -2.32. The normalized spacial score (nSPS) is 18.7. The van der Waals surface area contributed by atoms with Crippen molar-refractivity contribution in [2.45, 2.75) is 18.9 Å². The summed E-state index contributed by atoms with van der Waals surface area (Å²) in [6.45, 7) is 2.23. The first kappa shape index (κ1) is 15.6. The summed E-state index contributed by atoms with van der Waals surface area (Å²) < 4.78 is 0. The van der Waals surface area contributed by atoms with Crippen LogP contribution in [-0.2, 0) is 0 Å². The molecule has 1 aliphatic heterocycles. The second-order valence-corrected chi connectivity index (χ2v) is 6.13. The van der Waals surface area contributed by atoms with Gasteiger partial charge < -0.3 is 10.0 Å². The number of likely N-dealkylation sites (N-methyl/N-ethyl adjacent to an activating group) is 1. The Morgan fingerprint density at radius 1 is 1.04 bits per heavy atom. The molecular weight excluding hydrogens is 282 g/mol. The zero-order valence-electron chi connectivity index (χ0n) is 13.7. The molecule has 3 rings (SSSR count). The molecular formula is C21H23NO. The van der Waals surface area contributed by atoms with E-state index in [-0.39, 0.29) is 18.6 Å². The highest BCUT2D eigenvalue weighted by Gasteiger charge is 2.21. The topological polar surface area (TPSA) is 23.5 Å². The summed E-state index contributed by atoms with van der Waals surface area (Å²) in [6, 6.07) is 19.0. The third-order valence-corrected chi connectivity index (χ3v) is 4.47. The van der Waals surface area contributed by atoms with E-state index in [1.54, 1.807) is 0 Å². The van der Waals surface area contributed by atoms with Gasteiger partial charge in [0.1, 0.15) is 0 Å². The predicted molar refractivity (Wildman–Crippen MR) is 96.0 cm³/mol. The lowest BCUT2D eigenvalue weighted by atomic mass is 9.90. The number of allylic oxidation sites excluding steroid dienone is 2. The second kappa shape index (κ2) is 6.84. The third-order valence-electron chi connectivity index (χ3n) is 4.47. The van der Waals surface area contributed by atoms with Crippen molar-refractivity contribution in [3.8, 4) is 0 Å². The van der Waals surface area contributed by atoms with Crippen molar-refractivity contribution in [1.82, 2.24) is 4.90 Å². The molecule has 2 aromatic carbocycles. The minimum Gasteiger partial charge on any atom is -0.396 e. The Balaban J connectivity index is 1.91. The number of aliphatic hydroxyl groups is 1. The van der Waals surface area contributed by atoms with Gasteiger partial charge in [-0.05, 0) is 22.3 Å². The quantitative estimate of drug-likeness (QED) is 0.907. The Morgan fingerprint density at radius 2 is 1.74 bits per heavy atom. The number of rotatable bonds is 4. The minimum absolute atomic E-state index is 0.146. The molecule has 0 amide bonds. The largest absolute Gasteiger partial charge is 0.396 e. The van der Waals surface area contributed by atoms with Gasteiger partial charge in [-0.15, -0.1) is 0 Å². The molecule has 0 aliphatic carbocycles. The number of nitrogens with zero attached hydrogens (tertiary/aromatic N) is 1.